The summed E-state index contributed by atoms with van der Waals surface area (Å²) in [5.41, 5.74) is 0. The minimum atomic E-state index is 1.05. The molecular weight excluding hydrogens is 144 g/mol. The molecule has 0 amide bonds. The van der Waals surface area contributed by atoms with Crippen LogP contribution in [0.5, 0.6) is 0 Å². The first-order chi connectivity index (χ1) is 4.95. The van der Waals surface area contributed by atoms with Crippen LogP contribution in [-0.2, 0) is 0 Å². The molecule has 3 heteroatoms. The first-order valence-electron chi connectivity index (χ1n) is 4.04. The fourth-order valence-electron chi connectivity index (χ4n) is 1.21. The van der Waals surface area contributed by atoms with Crippen molar-refractivity contribution in [2.24, 2.45) is 5.92 Å². The van der Waals surface area contributed by atoms with Crippen molar-refractivity contribution in [3.63, 3.8) is 0 Å². The molecule has 2 rings (SSSR count). The number of rotatable bonds is 2. The van der Waals surface area contributed by atoms with Crippen molar-refractivity contribution >= 4 is 11.9 Å². The summed E-state index contributed by atoms with van der Waals surface area (Å²) < 4.78 is 2.51. The Balaban J connectivity index is 1.69. The third kappa shape index (κ3) is 1.87. The van der Waals surface area contributed by atoms with E-state index in [0.717, 1.165) is 11.8 Å². The van der Waals surface area contributed by atoms with Gasteiger partial charge in [0.25, 0.3) is 0 Å². The summed E-state index contributed by atoms with van der Waals surface area (Å²) in [4.78, 5) is 0. The lowest BCUT2D eigenvalue weighted by molar-refractivity contribution is 0.426. The Morgan fingerprint density at radius 2 is 2.40 bits per heavy atom. The highest BCUT2D eigenvalue weighted by Gasteiger charge is 2.24. The molecule has 1 N–H and O–H groups in total. The average molecular weight is 158 g/mol. The van der Waals surface area contributed by atoms with Gasteiger partial charge in [0, 0.05) is 19.6 Å². The molecule has 0 aromatic carbocycles. The summed E-state index contributed by atoms with van der Waals surface area (Å²) in [6.07, 6.45) is 2.95. The second-order valence-electron chi connectivity index (χ2n) is 3.10. The maximum atomic E-state index is 3.33. The van der Waals surface area contributed by atoms with E-state index < -0.39 is 0 Å². The lowest BCUT2D eigenvalue weighted by atomic mass is 10.4. The molecule has 2 nitrogen and oxygen atoms in total. The van der Waals surface area contributed by atoms with Gasteiger partial charge in [0.2, 0.25) is 0 Å². The normalized spacial score (nSPS) is 28.8. The highest BCUT2D eigenvalue weighted by Crippen LogP contribution is 2.31. The van der Waals surface area contributed by atoms with Crippen molar-refractivity contribution in [1.82, 2.24) is 9.62 Å². The van der Waals surface area contributed by atoms with Crippen LogP contribution >= 0.6 is 11.9 Å². The highest BCUT2D eigenvalue weighted by molar-refractivity contribution is 7.97. The van der Waals surface area contributed by atoms with Crippen LogP contribution in [0.25, 0.3) is 0 Å². The zero-order valence-corrected chi connectivity index (χ0v) is 6.99. The molecule has 0 aromatic heterocycles. The summed E-state index contributed by atoms with van der Waals surface area (Å²) in [5.74, 6) is 2.16. The first kappa shape index (κ1) is 6.95. The van der Waals surface area contributed by atoms with E-state index in [4.69, 9.17) is 0 Å². The molecule has 1 aliphatic heterocycles. The molecule has 0 unspecified atom stereocenters. The summed E-state index contributed by atoms with van der Waals surface area (Å²) >= 11 is 1.95. The van der Waals surface area contributed by atoms with Crippen LogP contribution in [0, 0.1) is 5.92 Å². The SMILES string of the molecule is C1CN(CC2CC2)SCN1. The second kappa shape index (κ2) is 3.11. The molecule has 0 spiro atoms. The van der Waals surface area contributed by atoms with Gasteiger partial charge in [0.05, 0.1) is 5.88 Å². The van der Waals surface area contributed by atoms with Crippen LogP contribution in [0.3, 0.4) is 0 Å². The van der Waals surface area contributed by atoms with Gasteiger partial charge in [-0.25, -0.2) is 4.31 Å². The Kier molecular flexibility index (Phi) is 2.16. The summed E-state index contributed by atoms with van der Waals surface area (Å²) in [7, 11) is 0. The van der Waals surface area contributed by atoms with Crippen molar-refractivity contribution in [1.29, 1.82) is 0 Å². The van der Waals surface area contributed by atoms with E-state index in [1.165, 1.54) is 32.5 Å². The zero-order valence-electron chi connectivity index (χ0n) is 6.18. The van der Waals surface area contributed by atoms with E-state index in [2.05, 4.69) is 9.62 Å². The monoisotopic (exact) mass is 158 g/mol. The molecule has 58 valence electrons. The van der Waals surface area contributed by atoms with Crippen LogP contribution in [0.4, 0.5) is 0 Å². The maximum Gasteiger partial charge on any atom is 0.0568 e. The zero-order chi connectivity index (χ0) is 6.81. The predicted molar refractivity (Wildman–Crippen MR) is 44.8 cm³/mol. The van der Waals surface area contributed by atoms with Crippen molar-refractivity contribution in [2.45, 2.75) is 12.8 Å². The molecule has 0 aromatic rings. The number of hydrogen-bond acceptors (Lipinski definition) is 3. The van der Waals surface area contributed by atoms with Gasteiger partial charge in [0.15, 0.2) is 0 Å². The average Bonchev–Trinajstić information content (AvgIpc) is 2.74. The van der Waals surface area contributed by atoms with Gasteiger partial charge in [-0.3, -0.25) is 0 Å². The van der Waals surface area contributed by atoms with E-state index in [0.29, 0.717) is 0 Å². The molecule has 0 atom stereocenters. The third-order valence-electron chi connectivity index (χ3n) is 2.05. The third-order valence-corrected chi connectivity index (χ3v) is 3.08. The standard InChI is InChI=1S/C7H14N2S/c1-2-7(1)5-9-4-3-8-6-10-9/h7-8H,1-6H2. The molecule has 1 aliphatic carbocycles. The molecule has 1 saturated carbocycles. The molecule has 1 heterocycles. The Labute approximate surface area is 66.5 Å². The van der Waals surface area contributed by atoms with Crippen LogP contribution in [0.2, 0.25) is 0 Å². The predicted octanol–water partition coefficient (Wildman–Crippen LogP) is 0.907. The first-order valence-corrected chi connectivity index (χ1v) is 4.98. The van der Waals surface area contributed by atoms with Gasteiger partial charge in [-0.2, -0.15) is 0 Å². The summed E-state index contributed by atoms with van der Waals surface area (Å²) in [6.45, 7) is 3.76. The highest BCUT2D eigenvalue weighted by atomic mass is 32.2. The van der Waals surface area contributed by atoms with E-state index >= 15 is 0 Å². The van der Waals surface area contributed by atoms with Crippen LogP contribution in [0.1, 0.15) is 12.8 Å². The van der Waals surface area contributed by atoms with Crippen LogP contribution < -0.4 is 5.32 Å². The Hall–Kier alpha value is 0.270. The van der Waals surface area contributed by atoms with Crippen molar-refractivity contribution < 1.29 is 0 Å². The largest absolute Gasteiger partial charge is 0.305 e. The smallest absolute Gasteiger partial charge is 0.0568 e. The van der Waals surface area contributed by atoms with E-state index in [1.807, 2.05) is 11.9 Å². The fourth-order valence-corrected chi connectivity index (χ4v) is 2.16. The van der Waals surface area contributed by atoms with Crippen LogP contribution in [-0.4, -0.2) is 29.8 Å². The topological polar surface area (TPSA) is 15.3 Å². The molecular formula is C7H14N2S. The van der Waals surface area contributed by atoms with Gasteiger partial charge < -0.3 is 5.32 Å². The Bertz CT molecular complexity index is 108. The van der Waals surface area contributed by atoms with Gasteiger partial charge in [-0.05, 0) is 18.8 Å². The van der Waals surface area contributed by atoms with E-state index in [1.54, 1.807) is 0 Å². The number of nitrogens with one attached hydrogen (secondary N) is 1. The Morgan fingerprint density at radius 1 is 1.50 bits per heavy atom. The minimum absolute atomic E-state index is 1.05. The van der Waals surface area contributed by atoms with E-state index in [-0.39, 0.29) is 0 Å². The van der Waals surface area contributed by atoms with Crippen LogP contribution in [0.15, 0.2) is 0 Å². The van der Waals surface area contributed by atoms with E-state index in [9.17, 15) is 0 Å². The van der Waals surface area contributed by atoms with Gasteiger partial charge in [-0.15, -0.1) is 0 Å². The lowest BCUT2D eigenvalue weighted by Crippen LogP contribution is -2.35. The molecule has 2 fully saturated rings. The molecule has 1 saturated heterocycles. The molecule has 0 bridgehead atoms. The maximum absolute atomic E-state index is 3.33. The fraction of sp³-hybridized carbons (Fsp3) is 1.00. The Morgan fingerprint density at radius 3 is 3.00 bits per heavy atom. The van der Waals surface area contributed by atoms with Gasteiger partial charge >= 0.3 is 0 Å². The number of nitrogens with zero attached hydrogens (tertiary/aromatic N) is 1. The van der Waals surface area contributed by atoms with Crippen molar-refractivity contribution in [2.75, 3.05) is 25.5 Å². The minimum Gasteiger partial charge on any atom is -0.305 e. The van der Waals surface area contributed by atoms with Crippen molar-refractivity contribution in [3.8, 4) is 0 Å². The number of hydrogen-bond donors (Lipinski definition) is 1. The molecule has 10 heavy (non-hydrogen) atoms. The second-order valence-corrected chi connectivity index (χ2v) is 4.17. The molecule has 0 radical (unpaired) electrons. The quantitative estimate of drug-likeness (QED) is 0.601. The summed E-state index contributed by atoms with van der Waals surface area (Å²) in [6, 6.07) is 0. The summed E-state index contributed by atoms with van der Waals surface area (Å²) in [5, 5.41) is 3.33. The van der Waals surface area contributed by atoms with Crippen molar-refractivity contribution in [3.05, 3.63) is 0 Å². The molecule has 2 aliphatic rings. The van der Waals surface area contributed by atoms with Gasteiger partial charge in [-0.1, -0.05) is 11.9 Å². The lowest BCUT2D eigenvalue weighted by Gasteiger charge is -2.25. The van der Waals surface area contributed by atoms with Gasteiger partial charge in [0.1, 0.15) is 0 Å².